The molecule has 1 saturated heterocycles. The van der Waals surface area contributed by atoms with Crippen LogP contribution < -0.4 is 9.47 Å². The van der Waals surface area contributed by atoms with Gasteiger partial charge in [0, 0.05) is 16.6 Å². The van der Waals surface area contributed by atoms with E-state index in [-0.39, 0.29) is 11.9 Å². The molecule has 7 heteroatoms. The quantitative estimate of drug-likeness (QED) is 0.191. The first-order valence-corrected chi connectivity index (χ1v) is 13.6. The van der Waals surface area contributed by atoms with E-state index >= 15 is 0 Å². The summed E-state index contributed by atoms with van der Waals surface area (Å²) in [5, 5.41) is 0.689. The third-order valence-electron chi connectivity index (χ3n) is 6.18. The van der Waals surface area contributed by atoms with Crippen LogP contribution in [0, 0.1) is 0 Å². The highest BCUT2D eigenvalue weighted by molar-refractivity contribution is 8.26. The number of carbonyl (C=O) groups excluding carboxylic acids is 1. The third-order valence-corrected chi connectivity index (χ3v) is 7.76. The fourth-order valence-electron chi connectivity index (χ4n) is 4.52. The fraction of sp³-hybridized carbons (Fsp3) is 0.357. The number of benzene rings is 2. The topological polar surface area (TPSA) is 38.8 Å². The van der Waals surface area contributed by atoms with Crippen molar-refractivity contribution in [2.24, 2.45) is 0 Å². The van der Waals surface area contributed by atoms with Crippen molar-refractivity contribution < 1.29 is 14.3 Å². The molecule has 4 rings (SSSR count). The smallest absolute Gasteiger partial charge is 0.266 e. The van der Waals surface area contributed by atoms with Crippen molar-refractivity contribution in [1.82, 2.24) is 4.90 Å². The number of nitrogens with zero attached hydrogens (tertiary/aromatic N) is 1. The molecule has 1 aliphatic carbocycles. The van der Waals surface area contributed by atoms with E-state index in [0.29, 0.717) is 45.4 Å². The predicted octanol–water partition coefficient (Wildman–Crippen LogP) is 7.58. The molecule has 0 aromatic heterocycles. The molecule has 0 radical (unpaired) electrons. The molecular weight excluding hydrogens is 498 g/mol. The van der Waals surface area contributed by atoms with Crippen molar-refractivity contribution in [1.29, 1.82) is 0 Å². The van der Waals surface area contributed by atoms with E-state index in [1.807, 2.05) is 60.4 Å². The Kier molecular flexibility index (Phi) is 8.93. The van der Waals surface area contributed by atoms with Gasteiger partial charge < -0.3 is 9.47 Å². The lowest BCUT2D eigenvalue weighted by molar-refractivity contribution is -0.124. The summed E-state index contributed by atoms with van der Waals surface area (Å²) in [6.45, 7) is 6.74. The van der Waals surface area contributed by atoms with Crippen LogP contribution in [0.1, 0.15) is 55.7 Å². The van der Waals surface area contributed by atoms with Crippen molar-refractivity contribution in [3.63, 3.8) is 0 Å². The number of thiocarbonyl (C=S) groups is 1. The average Bonchev–Trinajstić information content (AvgIpc) is 3.13. The molecule has 0 spiro atoms. The Bertz CT molecular complexity index is 1120. The zero-order valence-corrected chi connectivity index (χ0v) is 22.3. The van der Waals surface area contributed by atoms with Crippen LogP contribution in [0.4, 0.5) is 0 Å². The number of allylic oxidation sites excluding steroid dienone is 1. The largest absolute Gasteiger partial charge is 0.490 e. The van der Waals surface area contributed by atoms with Gasteiger partial charge in [-0.3, -0.25) is 9.69 Å². The maximum Gasteiger partial charge on any atom is 0.266 e. The van der Waals surface area contributed by atoms with Crippen LogP contribution in [0.25, 0.3) is 6.08 Å². The Balaban J connectivity index is 1.61. The average molecular weight is 528 g/mol. The highest BCUT2D eigenvalue weighted by Crippen LogP contribution is 2.40. The lowest BCUT2D eigenvalue weighted by atomic mass is 9.94. The van der Waals surface area contributed by atoms with Gasteiger partial charge in [0.25, 0.3) is 5.91 Å². The molecule has 2 aromatic rings. The molecule has 0 N–H and O–H groups in total. The Labute approximate surface area is 222 Å². The monoisotopic (exact) mass is 527 g/mol. The number of rotatable bonds is 9. The first kappa shape index (κ1) is 25.8. The zero-order chi connectivity index (χ0) is 24.8. The maximum absolute atomic E-state index is 13.3. The Morgan fingerprint density at radius 1 is 1.17 bits per heavy atom. The summed E-state index contributed by atoms with van der Waals surface area (Å²) in [6.07, 6.45) is 9.96. The lowest BCUT2D eigenvalue weighted by Gasteiger charge is -2.29. The molecule has 35 heavy (non-hydrogen) atoms. The van der Waals surface area contributed by atoms with Gasteiger partial charge in [-0.2, -0.15) is 0 Å². The van der Waals surface area contributed by atoms with E-state index < -0.39 is 0 Å². The Morgan fingerprint density at radius 2 is 1.91 bits per heavy atom. The second-order valence-electron chi connectivity index (χ2n) is 8.69. The second-order valence-corrected chi connectivity index (χ2v) is 10.8. The summed E-state index contributed by atoms with van der Waals surface area (Å²) < 4.78 is 12.8. The molecular formula is C28H30ClNO3S2. The molecule has 2 aromatic carbocycles. The molecule has 2 fully saturated rings. The van der Waals surface area contributed by atoms with Gasteiger partial charge in [0.05, 0.1) is 11.5 Å². The molecule has 2 aliphatic rings. The summed E-state index contributed by atoms with van der Waals surface area (Å²) in [6, 6.07) is 11.8. The number of hydrogen-bond acceptors (Lipinski definition) is 5. The van der Waals surface area contributed by atoms with Gasteiger partial charge in [-0.1, -0.05) is 73.1 Å². The molecule has 184 valence electrons. The minimum atomic E-state index is 0.0122. The van der Waals surface area contributed by atoms with E-state index in [1.54, 1.807) is 0 Å². The minimum Gasteiger partial charge on any atom is -0.490 e. The Hall–Kier alpha value is -2.28. The SMILES string of the molecule is C=CCc1cc(/C=C2/SC(=S)N(C3CCCCC3)C2=O)cc(OCC)c1OCc1ccc(Cl)cc1. The lowest BCUT2D eigenvalue weighted by Crippen LogP contribution is -2.39. The summed E-state index contributed by atoms with van der Waals surface area (Å²) in [7, 11) is 0. The van der Waals surface area contributed by atoms with Gasteiger partial charge in [-0.25, -0.2) is 0 Å². The van der Waals surface area contributed by atoms with Gasteiger partial charge >= 0.3 is 0 Å². The van der Waals surface area contributed by atoms with Crippen molar-refractivity contribution in [2.45, 2.75) is 58.1 Å². The van der Waals surface area contributed by atoms with Crippen molar-refractivity contribution in [2.75, 3.05) is 6.61 Å². The van der Waals surface area contributed by atoms with Crippen LogP contribution in [-0.2, 0) is 17.8 Å². The van der Waals surface area contributed by atoms with Crippen LogP contribution in [0.5, 0.6) is 11.5 Å². The number of carbonyl (C=O) groups is 1. The van der Waals surface area contributed by atoms with E-state index in [9.17, 15) is 4.79 Å². The van der Waals surface area contributed by atoms with E-state index in [4.69, 9.17) is 33.3 Å². The van der Waals surface area contributed by atoms with Crippen molar-refractivity contribution >= 4 is 51.9 Å². The third kappa shape index (κ3) is 6.29. The van der Waals surface area contributed by atoms with Gasteiger partial charge in [0.15, 0.2) is 11.5 Å². The summed E-state index contributed by atoms with van der Waals surface area (Å²) in [5.41, 5.74) is 2.85. The highest BCUT2D eigenvalue weighted by atomic mass is 35.5. The molecule has 1 amide bonds. The fourth-order valence-corrected chi connectivity index (χ4v) is 6.05. The normalized spacial score (nSPS) is 17.8. The van der Waals surface area contributed by atoms with Crippen LogP contribution >= 0.6 is 35.6 Å². The standard InChI is InChI=1S/C28H30ClNO3S2/c1-3-8-21-15-20(17-25-27(31)30(28(34)35-25)23-9-6-5-7-10-23)16-24(32-4-2)26(21)33-18-19-11-13-22(29)14-12-19/h3,11-17,23H,1,4-10,18H2,2H3/b25-17+. The predicted molar refractivity (Wildman–Crippen MR) is 149 cm³/mol. The number of thioether (sulfide) groups is 1. The summed E-state index contributed by atoms with van der Waals surface area (Å²) in [5.74, 6) is 1.35. The first-order valence-electron chi connectivity index (χ1n) is 12.0. The molecule has 0 unspecified atom stereocenters. The second kappa shape index (κ2) is 12.1. The van der Waals surface area contributed by atoms with Crippen LogP contribution in [0.15, 0.2) is 54.0 Å². The van der Waals surface area contributed by atoms with Gasteiger partial charge in [0.2, 0.25) is 0 Å². The van der Waals surface area contributed by atoms with E-state index in [2.05, 4.69) is 6.58 Å². The number of hydrogen-bond donors (Lipinski definition) is 0. The summed E-state index contributed by atoms with van der Waals surface area (Å²) in [4.78, 5) is 15.7. The number of halogens is 1. The van der Waals surface area contributed by atoms with Crippen molar-refractivity contribution in [3.05, 3.63) is 75.7 Å². The molecule has 0 bridgehead atoms. The van der Waals surface area contributed by atoms with Crippen LogP contribution in [0.2, 0.25) is 5.02 Å². The molecule has 0 atom stereocenters. The van der Waals surface area contributed by atoms with Crippen LogP contribution in [-0.4, -0.2) is 27.8 Å². The van der Waals surface area contributed by atoms with Gasteiger partial charge in [-0.15, -0.1) is 6.58 Å². The maximum atomic E-state index is 13.3. The Morgan fingerprint density at radius 3 is 2.60 bits per heavy atom. The molecule has 1 aliphatic heterocycles. The van der Waals surface area contributed by atoms with E-state index in [0.717, 1.165) is 42.4 Å². The molecule has 1 saturated carbocycles. The number of ether oxygens (including phenoxy) is 2. The molecule has 4 nitrogen and oxygen atoms in total. The van der Waals surface area contributed by atoms with Crippen molar-refractivity contribution in [3.8, 4) is 11.5 Å². The van der Waals surface area contributed by atoms with Crippen LogP contribution in [0.3, 0.4) is 0 Å². The minimum absolute atomic E-state index is 0.0122. The van der Waals surface area contributed by atoms with Gasteiger partial charge in [0.1, 0.15) is 10.9 Å². The van der Waals surface area contributed by atoms with Gasteiger partial charge in [-0.05, 0) is 67.7 Å². The summed E-state index contributed by atoms with van der Waals surface area (Å²) >= 11 is 13.0. The van der Waals surface area contributed by atoms with E-state index in [1.165, 1.54) is 18.2 Å². The highest BCUT2D eigenvalue weighted by Gasteiger charge is 2.37. The zero-order valence-electron chi connectivity index (χ0n) is 19.9. The molecule has 1 heterocycles. The first-order chi connectivity index (χ1) is 17.0. The number of amides is 1.